The third kappa shape index (κ3) is 3.74. The molecule has 1 fully saturated rings. The zero-order chi connectivity index (χ0) is 14.7. The number of nitrogens with zero attached hydrogens (tertiary/aromatic N) is 2. The molecule has 1 aliphatic rings. The number of benzene rings is 1. The van der Waals surface area contributed by atoms with Gasteiger partial charge in [0.15, 0.2) is 0 Å². The van der Waals surface area contributed by atoms with E-state index in [0.717, 1.165) is 35.7 Å². The molecule has 1 atom stereocenters. The van der Waals surface area contributed by atoms with Crippen molar-refractivity contribution in [2.75, 3.05) is 0 Å². The predicted molar refractivity (Wildman–Crippen MR) is 85.2 cm³/mol. The molecule has 0 amide bonds. The summed E-state index contributed by atoms with van der Waals surface area (Å²) in [6.07, 6.45) is 4.80. The number of rotatable bonds is 3. The molecule has 0 unspecified atom stereocenters. The van der Waals surface area contributed by atoms with Gasteiger partial charge >= 0.3 is 0 Å². The van der Waals surface area contributed by atoms with Crippen LogP contribution in [0.25, 0.3) is 11.5 Å². The van der Waals surface area contributed by atoms with Gasteiger partial charge in [0.05, 0.1) is 5.25 Å². The highest BCUT2D eigenvalue weighted by Crippen LogP contribution is 2.32. The third-order valence-corrected chi connectivity index (χ3v) is 5.11. The number of hydrogen-bond acceptors (Lipinski definition) is 5. The van der Waals surface area contributed by atoms with E-state index in [4.69, 9.17) is 4.42 Å². The first-order valence-corrected chi connectivity index (χ1v) is 8.68. The van der Waals surface area contributed by atoms with Gasteiger partial charge in [0.25, 0.3) is 5.22 Å². The number of carbonyl (C=O) groups excluding carboxylic acids is 1. The minimum atomic E-state index is -0.0386. The van der Waals surface area contributed by atoms with E-state index >= 15 is 0 Å². The van der Waals surface area contributed by atoms with Gasteiger partial charge in [-0.1, -0.05) is 46.6 Å². The van der Waals surface area contributed by atoms with Crippen molar-refractivity contribution in [2.45, 2.75) is 42.6 Å². The van der Waals surface area contributed by atoms with E-state index in [1.807, 2.05) is 24.3 Å². The molecule has 0 spiro atoms. The molecule has 110 valence electrons. The minimum absolute atomic E-state index is 0.0386. The van der Waals surface area contributed by atoms with Gasteiger partial charge in [0, 0.05) is 16.5 Å². The number of thioether (sulfide) groups is 1. The number of hydrogen-bond donors (Lipinski definition) is 0. The van der Waals surface area contributed by atoms with Crippen molar-refractivity contribution in [3.8, 4) is 11.5 Å². The molecule has 0 N–H and O–H groups in total. The summed E-state index contributed by atoms with van der Waals surface area (Å²) < 4.78 is 6.65. The fourth-order valence-electron chi connectivity index (χ4n) is 2.37. The summed E-state index contributed by atoms with van der Waals surface area (Å²) in [6.45, 7) is 0. The number of ketones is 1. The molecule has 4 nitrogen and oxygen atoms in total. The topological polar surface area (TPSA) is 56.0 Å². The average Bonchev–Trinajstić information content (AvgIpc) is 2.85. The second-order valence-electron chi connectivity index (χ2n) is 5.06. The van der Waals surface area contributed by atoms with E-state index in [1.165, 1.54) is 11.8 Å². The van der Waals surface area contributed by atoms with Crippen LogP contribution in [0, 0.1) is 0 Å². The van der Waals surface area contributed by atoms with Crippen LogP contribution in [0.2, 0.25) is 0 Å². The van der Waals surface area contributed by atoms with Crippen LogP contribution in [-0.4, -0.2) is 21.2 Å². The molecule has 0 saturated heterocycles. The number of carbonyl (C=O) groups is 1. The Bertz CT molecular complexity index is 644. The van der Waals surface area contributed by atoms with E-state index < -0.39 is 0 Å². The van der Waals surface area contributed by atoms with E-state index in [-0.39, 0.29) is 5.25 Å². The first-order valence-electron chi connectivity index (χ1n) is 7.01. The van der Waals surface area contributed by atoms with Gasteiger partial charge < -0.3 is 4.42 Å². The van der Waals surface area contributed by atoms with Gasteiger partial charge in [-0.05, 0) is 31.0 Å². The lowest BCUT2D eigenvalue weighted by atomic mass is 10.2. The summed E-state index contributed by atoms with van der Waals surface area (Å²) in [4.78, 5) is 12.0. The molecule has 1 saturated carbocycles. The molecule has 21 heavy (non-hydrogen) atoms. The zero-order valence-electron chi connectivity index (χ0n) is 11.4. The molecule has 6 heteroatoms. The Morgan fingerprint density at radius 3 is 3.00 bits per heavy atom. The summed E-state index contributed by atoms with van der Waals surface area (Å²) in [5.74, 6) is 0.791. The number of aromatic nitrogens is 2. The summed E-state index contributed by atoms with van der Waals surface area (Å²) in [5.41, 5.74) is 0.871. The van der Waals surface area contributed by atoms with Crippen LogP contribution in [-0.2, 0) is 4.79 Å². The Morgan fingerprint density at radius 1 is 1.24 bits per heavy atom. The summed E-state index contributed by atoms with van der Waals surface area (Å²) >= 11 is 4.83. The first-order chi connectivity index (χ1) is 10.2. The molecule has 1 heterocycles. The third-order valence-electron chi connectivity index (χ3n) is 3.47. The Kier molecular flexibility index (Phi) is 4.75. The molecule has 3 rings (SSSR count). The van der Waals surface area contributed by atoms with Crippen LogP contribution in [0.5, 0.6) is 0 Å². The van der Waals surface area contributed by atoms with Crippen molar-refractivity contribution in [1.29, 1.82) is 0 Å². The standard InChI is InChI=1S/C15H15BrN2O2S/c16-11-6-4-5-10(9-11)14-17-18-15(20-14)21-13-8-3-1-2-7-12(13)19/h4-6,9,13H,1-3,7-8H2/t13-/m1/s1. The van der Waals surface area contributed by atoms with E-state index in [1.54, 1.807) is 0 Å². The minimum Gasteiger partial charge on any atom is -0.411 e. The lowest BCUT2D eigenvalue weighted by Gasteiger charge is -2.08. The molecule has 0 bridgehead atoms. The van der Waals surface area contributed by atoms with Gasteiger partial charge in [0.1, 0.15) is 5.78 Å². The van der Waals surface area contributed by atoms with Crippen molar-refractivity contribution in [1.82, 2.24) is 10.2 Å². The monoisotopic (exact) mass is 366 g/mol. The molecule has 0 aliphatic heterocycles. The van der Waals surface area contributed by atoms with Crippen molar-refractivity contribution in [3.05, 3.63) is 28.7 Å². The fourth-order valence-corrected chi connectivity index (χ4v) is 3.76. The van der Waals surface area contributed by atoms with Gasteiger partial charge in [0.2, 0.25) is 5.89 Å². The maximum Gasteiger partial charge on any atom is 0.277 e. The second-order valence-corrected chi connectivity index (χ2v) is 7.13. The van der Waals surface area contributed by atoms with Gasteiger partial charge in [-0.15, -0.1) is 10.2 Å². The van der Waals surface area contributed by atoms with Crippen LogP contribution >= 0.6 is 27.7 Å². The highest BCUT2D eigenvalue weighted by molar-refractivity contribution is 9.10. The van der Waals surface area contributed by atoms with E-state index in [2.05, 4.69) is 26.1 Å². The van der Waals surface area contributed by atoms with Crippen molar-refractivity contribution in [3.63, 3.8) is 0 Å². The number of Topliss-reactive ketones (excluding diaryl/α,β-unsaturated/α-hetero) is 1. The van der Waals surface area contributed by atoms with E-state index in [9.17, 15) is 4.79 Å². The molecule has 0 radical (unpaired) electrons. The van der Waals surface area contributed by atoms with Crippen LogP contribution in [0.15, 0.2) is 38.4 Å². The molecule has 1 aliphatic carbocycles. The van der Waals surface area contributed by atoms with Crippen molar-refractivity contribution in [2.24, 2.45) is 0 Å². The van der Waals surface area contributed by atoms with Crippen molar-refractivity contribution >= 4 is 33.5 Å². The maximum absolute atomic E-state index is 12.0. The molecular formula is C15H15BrN2O2S. The normalized spacial score (nSPS) is 19.5. The van der Waals surface area contributed by atoms with Gasteiger partial charge in [-0.25, -0.2) is 0 Å². The smallest absolute Gasteiger partial charge is 0.277 e. The van der Waals surface area contributed by atoms with Crippen LogP contribution in [0.1, 0.15) is 32.1 Å². The quantitative estimate of drug-likeness (QED) is 0.748. The number of halogens is 1. The van der Waals surface area contributed by atoms with Crippen LogP contribution < -0.4 is 0 Å². The molecule has 2 aromatic rings. The Hall–Kier alpha value is -1.14. The lowest BCUT2D eigenvalue weighted by Crippen LogP contribution is -2.14. The lowest BCUT2D eigenvalue weighted by molar-refractivity contribution is -0.118. The first kappa shape index (κ1) is 14.8. The largest absolute Gasteiger partial charge is 0.411 e. The summed E-state index contributed by atoms with van der Waals surface area (Å²) in [6, 6.07) is 7.72. The molecule has 1 aromatic carbocycles. The summed E-state index contributed by atoms with van der Waals surface area (Å²) in [5, 5.41) is 8.57. The Labute approximate surface area is 135 Å². The fraction of sp³-hybridized carbons (Fsp3) is 0.400. The SMILES string of the molecule is O=C1CCCCC[C@H]1Sc1nnc(-c2cccc(Br)c2)o1. The van der Waals surface area contributed by atoms with Gasteiger partial charge in [-0.3, -0.25) is 4.79 Å². The molecule has 1 aromatic heterocycles. The average molecular weight is 367 g/mol. The van der Waals surface area contributed by atoms with Gasteiger partial charge in [-0.2, -0.15) is 0 Å². The predicted octanol–water partition coefficient (Wildman–Crippen LogP) is 4.49. The Balaban J connectivity index is 1.74. The highest BCUT2D eigenvalue weighted by Gasteiger charge is 2.24. The second kappa shape index (κ2) is 6.75. The van der Waals surface area contributed by atoms with Crippen LogP contribution in [0.4, 0.5) is 0 Å². The zero-order valence-corrected chi connectivity index (χ0v) is 13.8. The van der Waals surface area contributed by atoms with E-state index in [0.29, 0.717) is 23.3 Å². The molecular weight excluding hydrogens is 352 g/mol. The highest BCUT2D eigenvalue weighted by atomic mass is 79.9. The maximum atomic E-state index is 12.0. The Morgan fingerprint density at radius 2 is 2.14 bits per heavy atom. The summed E-state index contributed by atoms with van der Waals surface area (Å²) in [7, 11) is 0. The van der Waals surface area contributed by atoms with Crippen LogP contribution in [0.3, 0.4) is 0 Å². The van der Waals surface area contributed by atoms with Crippen molar-refractivity contribution < 1.29 is 9.21 Å².